The standard InChI is InChI=1S/C20H23IN2O3S/c1-15-6-9-17(14-19(15)21)22-20(24)16-7-10-18(11-8-16)27(25,26)23-12-4-2-3-5-13-23/h6-11,14H,2-5,12-13H2,1H3,(H,22,24). The van der Waals surface area contributed by atoms with Crippen molar-refractivity contribution >= 4 is 44.2 Å². The zero-order valence-electron chi connectivity index (χ0n) is 15.2. The van der Waals surface area contributed by atoms with Crippen LogP contribution in [0.1, 0.15) is 41.6 Å². The largest absolute Gasteiger partial charge is 0.322 e. The van der Waals surface area contributed by atoms with Crippen LogP contribution in [0.3, 0.4) is 0 Å². The minimum Gasteiger partial charge on any atom is -0.322 e. The quantitative estimate of drug-likeness (QED) is 0.635. The van der Waals surface area contributed by atoms with Crippen molar-refractivity contribution in [3.8, 4) is 0 Å². The van der Waals surface area contributed by atoms with Gasteiger partial charge in [-0.2, -0.15) is 4.31 Å². The van der Waals surface area contributed by atoms with Gasteiger partial charge in [-0.15, -0.1) is 0 Å². The smallest absolute Gasteiger partial charge is 0.255 e. The molecule has 1 aliphatic rings. The number of aryl methyl sites for hydroxylation is 1. The molecule has 3 rings (SSSR count). The number of hydrogen-bond acceptors (Lipinski definition) is 3. The fourth-order valence-electron chi connectivity index (χ4n) is 3.08. The van der Waals surface area contributed by atoms with E-state index in [1.165, 1.54) is 12.1 Å². The summed E-state index contributed by atoms with van der Waals surface area (Å²) in [6.45, 7) is 3.14. The number of halogens is 1. The fourth-order valence-corrected chi connectivity index (χ4v) is 5.12. The van der Waals surface area contributed by atoms with Gasteiger partial charge in [0.15, 0.2) is 0 Å². The van der Waals surface area contributed by atoms with Crippen LogP contribution in [0.2, 0.25) is 0 Å². The number of anilines is 1. The minimum atomic E-state index is -3.50. The van der Waals surface area contributed by atoms with E-state index >= 15 is 0 Å². The number of hydrogen-bond donors (Lipinski definition) is 1. The molecule has 0 atom stereocenters. The number of nitrogens with one attached hydrogen (secondary N) is 1. The van der Waals surface area contributed by atoms with Crippen LogP contribution in [-0.2, 0) is 10.0 Å². The van der Waals surface area contributed by atoms with Crippen LogP contribution in [0.25, 0.3) is 0 Å². The molecule has 1 N–H and O–H groups in total. The average Bonchev–Trinajstić information content (AvgIpc) is 2.95. The monoisotopic (exact) mass is 498 g/mol. The lowest BCUT2D eigenvalue weighted by Crippen LogP contribution is -2.31. The first-order valence-electron chi connectivity index (χ1n) is 9.05. The molecule has 1 amide bonds. The van der Waals surface area contributed by atoms with Gasteiger partial charge in [0.1, 0.15) is 0 Å². The summed E-state index contributed by atoms with van der Waals surface area (Å²) < 4.78 is 28.2. The van der Waals surface area contributed by atoms with Crippen LogP contribution in [0, 0.1) is 10.5 Å². The summed E-state index contributed by atoms with van der Waals surface area (Å²) in [5.41, 5.74) is 2.30. The van der Waals surface area contributed by atoms with Crippen LogP contribution >= 0.6 is 22.6 Å². The molecular formula is C20H23IN2O3S. The maximum Gasteiger partial charge on any atom is 0.255 e. The molecule has 7 heteroatoms. The van der Waals surface area contributed by atoms with Crippen molar-refractivity contribution in [1.29, 1.82) is 0 Å². The maximum absolute atomic E-state index is 12.8. The molecule has 0 aromatic heterocycles. The molecule has 5 nitrogen and oxygen atoms in total. The topological polar surface area (TPSA) is 66.5 Å². The van der Waals surface area contributed by atoms with Gasteiger partial charge in [-0.25, -0.2) is 8.42 Å². The fraction of sp³-hybridized carbons (Fsp3) is 0.350. The maximum atomic E-state index is 12.8. The molecule has 2 aromatic carbocycles. The van der Waals surface area contributed by atoms with Crippen molar-refractivity contribution in [3.05, 3.63) is 57.2 Å². The van der Waals surface area contributed by atoms with E-state index in [4.69, 9.17) is 0 Å². The van der Waals surface area contributed by atoms with E-state index in [0.29, 0.717) is 18.7 Å². The highest BCUT2D eigenvalue weighted by atomic mass is 127. The zero-order valence-corrected chi connectivity index (χ0v) is 18.2. The first-order chi connectivity index (χ1) is 12.9. The van der Waals surface area contributed by atoms with Crippen molar-refractivity contribution in [2.75, 3.05) is 18.4 Å². The second-order valence-electron chi connectivity index (χ2n) is 6.76. The minimum absolute atomic E-state index is 0.242. The Labute approximate surface area is 174 Å². The molecule has 0 saturated carbocycles. The van der Waals surface area contributed by atoms with Crippen LogP contribution in [-0.4, -0.2) is 31.7 Å². The van der Waals surface area contributed by atoms with Crippen molar-refractivity contribution in [2.45, 2.75) is 37.5 Å². The van der Waals surface area contributed by atoms with Crippen LogP contribution < -0.4 is 5.32 Å². The Bertz CT molecular complexity index is 919. The van der Waals surface area contributed by atoms with Crippen LogP contribution in [0.15, 0.2) is 47.4 Å². The van der Waals surface area contributed by atoms with Gasteiger partial charge in [-0.05, 0) is 84.3 Å². The molecule has 0 radical (unpaired) electrons. The molecule has 0 aliphatic carbocycles. The predicted molar refractivity (Wildman–Crippen MR) is 116 cm³/mol. The van der Waals surface area contributed by atoms with E-state index in [1.807, 2.05) is 25.1 Å². The summed E-state index contributed by atoms with van der Waals surface area (Å²) in [5, 5.41) is 2.85. The second kappa shape index (κ2) is 8.70. The Morgan fingerprint density at radius 2 is 1.63 bits per heavy atom. The first-order valence-corrected chi connectivity index (χ1v) is 11.6. The van der Waals surface area contributed by atoms with Gasteiger partial charge < -0.3 is 5.32 Å². The molecular weight excluding hydrogens is 475 g/mol. The molecule has 0 unspecified atom stereocenters. The van der Waals surface area contributed by atoms with Crippen LogP contribution in [0.4, 0.5) is 5.69 Å². The number of amides is 1. The molecule has 0 bridgehead atoms. The van der Waals surface area contributed by atoms with Gasteiger partial charge in [0, 0.05) is 27.9 Å². The lowest BCUT2D eigenvalue weighted by Gasteiger charge is -2.20. The molecule has 27 heavy (non-hydrogen) atoms. The summed E-state index contributed by atoms with van der Waals surface area (Å²) >= 11 is 2.23. The lowest BCUT2D eigenvalue weighted by molar-refractivity contribution is 0.102. The van der Waals surface area contributed by atoms with Gasteiger partial charge in [-0.1, -0.05) is 18.9 Å². The highest BCUT2D eigenvalue weighted by Crippen LogP contribution is 2.22. The summed E-state index contributed by atoms with van der Waals surface area (Å²) in [5.74, 6) is -0.256. The number of carbonyl (C=O) groups is 1. The Balaban J connectivity index is 1.74. The summed E-state index contributed by atoms with van der Waals surface area (Å²) in [7, 11) is -3.50. The van der Waals surface area contributed by atoms with Gasteiger partial charge in [-0.3, -0.25) is 4.79 Å². The predicted octanol–water partition coefficient (Wildman–Crippen LogP) is 4.42. The van der Waals surface area contributed by atoms with E-state index in [-0.39, 0.29) is 10.8 Å². The molecule has 1 saturated heterocycles. The van der Waals surface area contributed by atoms with E-state index in [2.05, 4.69) is 27.9 Å². The number of nitrogens with zero attached hydrogens (tertiary/aromatic N) is 1. The molecule has 2 aromatic rings. The van der Waals surface area contributed by atoms with Crippen molar-refractivity contribution < 1.29 is 13.2 Å². The van der Waals surface area contributed by atoms with Gasteiger partial charge >= 0.3 is 0 Å². The van der Waals surface area contributed by atoms with Crippen molar-refractivity contribution in [1.82, 2.24) is 4.31 Å². The Kier molecular flexibility index (Phi) is 6.54. The number of rotatable bonds is 4. The molecule has 0 spiro atoms. The Hall–Kier alpha value is -1.45. The molecule has 1 fully saturated rings. The van der Waals surface area contributed by atoms with E-state index in [0.717, 1.165) is 40.5 Å². The van der Waals surface area contributed by atoms with Gasteiger partial charge in [0.25, 0.3) is 5.91 Å². The average molecular weight is 498 g/mol. The second-order valence-corrected chi connectivity index (χ2v) is 9.86. The Morgan fingerprint density at radius 3 is 2.22 bits per heavy atom. The zero-order chi connectivity index (χ0) is 19.4. The van der Waals surface area contributed by atoms with E-state index in [9.17, 15) is 13.2 Å². The third kappa shape index (κ3) is 4.89. The number of carbonyl (C=O) groups excluding carboxylic acids is 1. The number of benzene rings is 2. The normalized spacial score (nSPS) is 15.9. The van der Waals surface area contributed by atoms with Crippen molar-refractivity contribution in [3.63, 3.8) is 0 Å². The first kappa shape index (κ1) is 20.3. The lowest BCUT2D eigenvalue weighted by atomic mass is 10.2. The molecule has 1 aliphatic heterocycles. The summed E-state index contributed by atoms with van der Waals surface area (Å²) in [6, 6.07) is 11.9. The van der Waals surface area contributed by atoms with Crippen LogP contribution in [0.5, 0.6) is 0 Å². The van der Waals surface area contributed by atoms with Crippen molar-refractivity contribution in [2.24, 2.45) is 0 Å². The molecule has 144 valence electrons. The highest BCUT2D eigenvalue weighted by molar-refractivity contribution is 14.1. The third-order valence-corrected chi connectivity index (χ3v) is 7.82. The number of sulfonamides is 1. The summed E-state index contributed by atoms with van der Waals surface area (Å²) in [6.07, 6.45) is 3.94. The van der Waals surface area contributed by atoms with E-state index < -0.39 is 10.0 Å². The SMILES string of the molecule is Cc1ccc(NC(=O)c2ccc(S(=O)(=O)N3CCCCCC3)cc2)cc1I. The third-order valence-electron chi connectivity index (χ3n) is 4.75. The molecule has 1 heterocycles. The van der Waals surface area contributed by atoms with Gasteiger partial charge in [0.2, 0.25) is 10.0 Å². The highest BCUT2D eigenvalue weighted by Gasteiger charge is 2.25. The summed E-state index contributed by atoms with van der Waals surface area (Å²) in [4.78, 5) is 12.7. The van der Waals surface area contributed by atoms with Gasteiger partial charge in [0.05, 0.1) is 4.90 Å². The Morgan fingerprint density at radius 1 is 1.00 bits per heavy atom. The van der Waals surface area contributed by atoms with E-state index in [1.54, 1.807) is 16.4 Å².